The minimum absolute atomic E-state index is 0.00434. The summed E-state index contributed by atoms with van der Waals surface area (Å²) < 4.78 is 0. The van der Waals surface area contributed by atoms with E-state index in [0.29, 0.717) is 18.2 Å². The van der Waals surface area contributed by atoms with Gasteiger partial charge in [-0.05, 0) is 12.1 Å². The second-order valence-electron chi connectivity index (χ2n) is 4.10. The number of anilines is 2. The number of nitrogens with zero attached hydrogens (tertiary/aromatic N) is 3. The summed E-state index contributed by atoms with van der Waals surface area (Å²) >= 11 is 0. The van der Waals surface area contributed by atoms with E-state index in [1.54, 1.807) is 13.2 Å². The fourth-order valence-corrected chi connectivity index (χ4v) is 1.70. The zero-order valence-electron chi connectivity index (χ0n) is 11.0. The smallest absolute Gasteiger partial charge is 0.276 e. The molecule has 0 bridgehead atoms. The van der Waals surface area contributed by atoms with Crippen molar-refractivity contribution in [1.29, 1.82) is 0 Å². The third-order valence-corrected chi connectivity index (χ3v) is 2.69. The maximum Gasteiger partial charge on any atom is 0.276 e. The second kappa shape index (κ2) is 6.46. The van der Waals surface area contributed by atoms with Crippen molar-refractivity contribution in [3.8, 4) is 0 Å². The van der Waals surface area contributed by atoms with Gasteiger partial charge < -0.3 is 10.6 Å². The summed E-state index contributed by atoms with van der Waals surface area (Å²) in [6, 6.07) is 8.52. The lowest BCUT2D eigenvalue weighted by Crippen LogP contribution is -2.08. The number of nitrogens with one attached hydrogen (secondary N) is 2. The third-order valence-electron chi connectivity index (χ3n) is 2.69. The number of hydrogen-bond acceptors (Lipinski definition) is 6. The van der Waals surface area contributed by atoms with E-state index in [1.807, 2.05) is 18.2 Å². The minimum atomic E-state index is -0.438. The number of hydrogen-bond donors (Lipinski definition) is 2. The first-order valence-corrected chi connectivity index (χ1v) is 6.17. The number of pyridine rings is 2. The summed E-state index contributed by atoms with van der Waals surface area (Å²) in [5.74, 6) is 0.930. The average Bonchev–Trinajstić information content (AvgIpc) is 2.48. The van der Waals surface area contributed by atoms with E-state index in [4.69, 9.17) is 0 Å². The Labute approximate surface area is 116 Å². The van der Waals surface area contributed by atoms with Gasteiger partial charge in [0, 0.05) is 31.9 Å². The molecular weight excluding hydrogens is 258 g/mol. The van der Waals surface area contributed by atoms with Crippen molar-refractivity contribution in [3.63, 3.8) is 0 Å². The molecule has 0 aliphatic rings. The van der Waals surface area contributed by atoms with Crippen molar-refractivity contribution in [1.82, 2.24) is 9.97 Å². The van der Waals surface area contributed by atoms with Crippen molar-refractivity contribution >= 4 is 17.3 Å². The van der Waals surface area contributed by atoms with Crippen molar-refractivity contribution in [3.05, 3.63) is 52.3 Å². The van der Waals surface area contributed by atoms with Crippen molar-refractivity contribution < 1.29 is 4.92 Å². The Morgan fingerprint density at radius 1 is 1.30 bits per heavy atom. The summed E-state index contributed by atoms with van der Waals surface area (Å²) in [6.45, 7) is 0.605. The SMILES string of the molecule is CNc1cc([N+](=O)[O-])cc(NCCc2ccccn2)n1. The van der Waals surface area contributed by atoms with Crippen molar-refractivity contribution in [2.45, 2.75) is 6.42 Å². The van der Waals surface area contributed by atoms with Crippen LogP contribution in [0.2, 0.25) is 0 Å². The molecule has 0 radical (unpaired) electrons. The molecule has 2 rings (SSSR count). The van der Waals surface area contributed by atoms with Crippen LogP contribution < -0.4 is 10.6 Å². The van der Waals surface area contributed by atoms with Gasteiger partial charge in [0.15, 0.2) is 0 Å². The van der Waals surface area contributed by atoms with E-state index in [0.717, 1.165) is 12.1 Å². The maximum atomic E-state index is 10.8. The lowest BCUT2D eigenvalue weighted by molar-refractivity contribution is -0.384. The molecule has 0 fully saturated rings. The van der Waals surface area contributed by atoms with Gasteiger partial charge in [-0.1, -0.05) is 6.07 Å². The van der Waals surface area contributed by atoms with E-state index < -0.39 is 4.92 Å². The van der Waals surface area contributed by atoms with Gasteiger partial charge in [0.2, 0.25) is 0 Å². The van der Waals surface area contributed by atoms with Crippen molar-refractivity contribution in [2.75, 3.05) is 24.2 Å². The van der Waals surface area contributed by atoms with Crippen LogP contribution >= 0.6 is 0 Å². The van der Waals surface area contributed by atoms with E-state index in [-0.39, 0.29) is 5.69 Å². The topological polar surface area (TPSA) is 93.0 Å². The van der Waals surface area contributed by atoms with Gasteiger partial charge in [-0.2, -0.15) is 0 Å². The highest BCUT2D eigenvalue weighted by atomic mass is 16.6. The molecule has 20 heavy (non-hydrogen) atoms. The normalized spacial score (nSPS) is 10.1. The Kier molecular flexibility index (Phi) is 4.43. The number of rotatable bonds is 6. The van der Waals surface area contributed by atoms with Crippen LogP contribution in [0.15, 0.2) is 36.5 Å². The molecule has 0 aliphatic heterocycles. The molecule has 0 atom stereocenters. The summed E-state index contributed by atoms with van der Waals surface area (Å²) in [4.78, 5) is 18.8. The Balaban J connectivity index is 2.02. The largest absolute Gasteiger partial charge is 0.373 e. The summed E-state index contributed by atoms with van der Waals surface area (Å²) in [5, 5.41) is 16.7. The third kappa shape index (κ3) is 3.64. The summed E-state index contributed by atoms with van der Waals surface area (Å²) in [5.41, 5.74) is 0.962. The van der Waals surface area contributed by atoms with Crippen LogP contribution in [0.5, 0.6) is 0 Å². The first-order valence-electron chi connectivity index (χ1n) is 6.17. The van der Waals surface area contributed by atoms with Gasteiger partial charge in [-0.15, -0.1) is 0 Å². The molecule has 7 nitrogen and oxygen atoms in total. The molecule has 2 aromatic rings. The van der Waals surface area contributed by atoms with Gasteiger partial charge in [0.25, 0.3) is 5.69 Å². The number of nitro groups is 1. The van der Waals surface area contributed by atoms with Crippen LogP contribution in [0.3, 0.4) is 0 Å². The minimum Gasteiger partial charge on any atom is -0.373 e. The zero-order valence-corrected chi connectivity index (χ0v) is 11.0. The molecular formula is C13H15N5O2. The Morgan fingerprint density at radius 3 is 2.75 bits per heavy atom. The summed E-state index contributed by atoms with van der Waals surface area (Å²) in [7, 11) is 1.67. The van der Waals surface area contributed by atoms with Crippen LogP contribution in [0, 0.1) is 10.1 Å². The summed E-state index contributed by atoms with van der Waals surface area (Å²) in [6.07, 6.45) is 2.46. The van der Waals surface area contributed by atoms with Crippen LogP contribution in [-0.4, -0.2) is 28.5 Å². The van der Waals surface area contributed by atoms with Crippen LogP contribution in [0.25, 0.3) is 0 Å². The standard InChI is InChI=1S/C13H15N5O2/c1-14-12-8-11(18(19)20)9-13(17-12)16-7-5-10-4-2-3-6-15-10/h2-4,6,8-9H,5,7H2,1H3,(H2,14,16,17). The first-order chi connectivity index (χ1) is 9.69. The lowest BCUT2D eigenvalue weighted by atomic mass is 10.2. The highest BCUT2D eigenvalue weighted by molar-refractivity contribution is 5.54. The monoisotopic (exact) mass is 273 g/mol. The van der Waals surface area contributed by atoms with E-state index >= 15 is 0 Å². The molecule has 0 amide bonds. The molecule has 0 saturated heterocycles. The lowest BCUT2D eigenvalue weighted by Gasteiger charge is -2.07. The van der Waals surface area contributed by atoms with Crippen LogP contribution in [-0.2, 0) is 6.42 Å². The van der Waals surface area contributed by atoms with E-state index in [9.17, 15) is 10.1 Å². The van der Waals surface area contributed by atoms with Crippen LogP contribution in [0.4, 0.5) is 17.3 Å². The first kappa shape index (κ1) is 13.7. The van der Waals surface area contributed by atoms with Gasteiger partial charge in [0.05, 0.1) is 17.1 Å². The number of aromatic nitrogens is 2. The van der Waals surface area contributed by atoms with Gasteiger partial charge in [-0.25, -0.2) is 4.98 Å². The molecule has 2 aromatic heterocycles. The Hall–Kier alpha value is -2.70. The molecule has 2 heterocycles. The van der Waals surface area contributed by atoms with E-state index in [1.165, 1.54) is 12.1 Å². The second-order valence-corrected chi connectivity index (χ2v) is 4.10. The van der Waals surface area contributed by atoms with Crippen LogP contribution in [0.1, 0.15) is 5.69 Å². The predicted molar refractivity (Wildman–Crippen MR) is 76.9 cm³/mol. The predicted octanol–water partition coefficient (Wildman–Crippen LogP) is 2.08. The molecule has 0 unspecified atom stereocenters. The Bertz CT molecular complexity index is 589. The fourth-order valence-electron chi connectivity index (χ4n) is 1.70. The van der Waals surface area contributed by atoms with Gasteiger partial charge >= 0.3 is 0 Å². The Morgan fingerprint density at radius 2 is 2.10 bits per heavy atom. The fraction of sp³-hybridized carbons (Fsp3) is 0.231. The molecule has 0 saturated carbocycles. The molecule has 0 spiro atoms. The molecule has 7 heteroatoms. The highest BCUT2D eigenvalue weighted by Crippen LogP contribution is 2.20. The highest BCUT2D eigenvalue weighted by Gasteiger charge is 2.10. The van der Waals surface area contributed by atoms with Gasteiger partial charge in [-0.3, -0.25) is 15.1 Å². The van der Waals surface area contributed by atoms with Crippen molar-refractivity contribution in [2.24, 2.45) is 0 Å². The molecule has 2 N–H and O–H groups in total. The molecule has 0 aromatic carbocycles. The zero-order chi connectivity index (χ0) is 14.4. The maximum absolute atomic E-state index is 10.8. The molecule has 104 valence electrons. The van der Waals surface area contributed by atoms with Gasteiger partial charge in [0.1, 0.15) is 11.6 Å². The van der Waals surface area contributed by atoms with E-state index in [2.05, 4.69) is 20.6 Å². The quantitative estimate of drug-likeness (QED) is 0.618. The molecule has 0 aliphatic carbocycles. The average molecular weight is 273 g/mol.